The van der Waals surface area contributed by atoms with E-state index in [-0.39, 0.29) is 6.01 Å². The normalized spacial score (nSPS) is 10.6. The van der Waals surface area contributed by atoms with Gasteiger partial charge in [-0.3, -0.25) is 0 Å². The molecule has 5 nitrogen and oxygen atoms in total. The van der Waals surface area contributed by atoms with E-state index in [1.54, 1.807) is 18.2 Å². The second kappa shape index (κ2) is 4.74. The van der Waals surface area contributed by atoms with Crippen LogP contribution in [0.15, 0.2) is 24.3 Å². The van der Waals surface area contributed by atoms with Crippen molar-refractivity contribution in [2.24, 2.45) is 0 Å². The van der Waals surface area contributed by atoms with Gasteiger partial charge in [-0.1, -0.05) is 25.5 Å². The molecule has 0 fully saturated rings. The quantitative estimate of drug-likeness (QED) is 0.443. The lowest BCUT2D eigenvalue weighted by Gasteiger charge is -2.03. The molecule has 0 atom stereocenters. The van der Waals surface area contributed by atoms with Gasteiger partial charge >= 0.3 is 6.01 Å². The summed E-state index contributed by atoms with van der Waals surface area (Å²) in [6.45, 7) is 2.60. The van der Waals surface area contributed by atoms with Crippen molar-refractivity contribution >= 4 is 11.0 Å². The monoisotopic (exact) mass is 219 g/mol. The van der Waals surface area contributed by atoms with Gasteiger partial charge in [-0.05, 0) is 17.3 Å². The summed E-state index contributed by atoms with van der Waals surface area (Å²) in [5.74, 6) is 0. The van der Waals surface area contributed by atoms with Crippen molar-refractivity contribution in [3.63, 3.8) is 0 Å². The average Bonchev–Trinajstić information content (AvgIpc) is 2.30. The van der Waals surface area contributed by atoms with Crippen LogP contribution in [0.25, 0.3) is 11.0 Å². The Labute approximate surface area is 93.3 Å². The summed E-state index contributed by atoms with van der Waals surface area (Å²) in [5, 5.41) is 15.2. The third-order valence-corrected chi connectivity index (χ3v) is 2.21. The maximum atomic E-state index is 11.5. The Bertz CT molecular complexity index is 488. The van der Waals surface area contributed by atoms with Gasteiger partial charge in [0.2, 0.25) is 0 Å². The first-order valence-electron chi connectivity index (χ1n) is 5.30. The first-order chi connectivity index (χ1) is 7.81. The third-order valence-electron chi connectivity index (χ3n) is 2.21. The van der Waals surface area contributed by atoms with Crippen molar-refractivity contribution in [3.05, 3.63) is 29.5 Å². The van der Waals surface area contributed by atoms with E-state index >= 15 is 0 Å². The minimum absolute atomic E-state index is 0.141. The predicted molar refractivity (Wildman–Crippen MR) is 58.9 cm³/mol. The molecular weight excluding hydrogens is 206 g/mol. The Hall–Kier alpha value is -1.91. The first kappa shape index (κ1) is 10.6. The number of hydrogen-bond acceptors (Lipinski definition) is 4. The highest BCUT2D eigenvalue weighted by molar-refractivity contribution is 5.70. The smallest absolute Gasteiger partial charge is 0.381 e. The molecule has 0 saturated heterocycles. The first-order valence-corrected chi connectivity index (χ1v) is 5.30. The molecule has 2 rings (SSSR count). The van der Waals surface area contributed by atoms with E-state index < -0.39 is 0 Å². The number of rotatable bonds is 4. The molecule has 0 bridgehead atoms. The summed E-state index contributed by atoms with van der Waals surface area (Å²) < 4.78 is 5.29. The molecule has 0 radical (unpaired) electrons. The molecule has 0 aliphatic carbocycles. The number of ether oxygens (including phenoxy) is 1. The second-order valence-corrected chi connectivity index (χ2v) is 3.46. The molecule has 1 heterocycles. The average molecular weight is 219 g/mol. The number of aromatic nitrogens is 3. The fraction of sp³-hybridized carbons (Fsp3) is 0.364. The number of para-hydroxylation sites is 2. The van der Waals surface area contributed by atoms with Crippen LogP contribution in [0.1, 0.15) is 19.8 Å². The molecule has 0 aliphatic rings. The van der Waals surface area contributed by atoms with Crippen LogP contribution in [-0.2, 0) is 0 Å². The summed E-state index contributed by atoms with van der Waals surface area (Å²) in [4.78, 5) is 4.70. The van der Waals surface area contributed by atoms with Gasteiger partial charge < -0.3 is 9.94 Å². The summed E-state index contributed by atoms with van der Waals surface area (Å²) >= 11 is 0. The Morgan fingerprint density at radius 2 is 2.19 bits per heavy atom. The van der Waals surface area contributed by atoms with Gasteiger partial charge in [0.25, 0.3) is 5.52 Å². The van der Waals surface area contributed by atoms with E-state index in [0.717, 1.165) is 12.8 Å². The van der Waals surface area contributed by atoms with E-state index in [9.17, 15) is 5.21 Å². The molecule has 84 valence electrons. The van der Waals surface area contributed by atoms with Gasteiger partial charge in [-0.2, -0.15) is 4.98 Å². The Balaban J connectivity index is 2.27. The van der Waals surface area contributed by atoms with Crippen LogP contribution in [0.5, 0.6) is 6.01 Å². The van der Waals surface area contributed by atoms with Crippen LogP contribution < -0.4 is 9.58 Å². The summed E-state index contributed by atoms with van der Waals surface area (Å²) in [7, 11) is 0. The number of unbranched alkanes of at least 4 members (excludes halogenated alkanes) is 1. The van der Waals surface area contributed by atoms with Gasteiger partial charge in [0.05, 0.1) is 11.7 Å². The molecule has 5 heteroatoms. The van der Waals surface area contributed by atoms with Gasteiger partial charge in [-0.25, -0.2) is 0 Å². The highest BCUT2D eigenvalue weighted by Crippen LogP contribution is 2.09. The molecule has 0 unspecified atom stereocenters. The lowest BCUT2D eigenvalue weighted by atomic mass is 10.3. The van der Waals surface area contributed by atoms with Crippen LogP contribution in [-0.4, -0.2) is 16.7 Å². The van der Waals surface area contributed by atoms with Gasteiger partial charge in [0.15, 0.2) is 0 Å². The van der Waals surface area contributed by atoms with E-state index in [4.69, 9.17) is 4.74 Å². The molecular formula is C11H13N3O2. The highest BCUT2D eigenvalue weighted by Gasteiger charge is 2.10. The third kappa shape index (κ3) is 2.18. The topological polar surface area (TPSA) is 62.0 Å². The lowest BCUT2D eigenvalue weighted by molar-refractivity contribution is -0.643. The van der Waals surface area contributed by atoms with Gasteiger partial charge in [-0.15, -0.1) is 0 Å². The lowest BCUT2D eigenvalue weighted by Crippen LogP contribution is -2.33. The van der Waals surface area contributed by atoms with Crippen molar-refractivity contribution in [2.75, 3.05) is 6.61 Å². The van der Waals surface area contributed by atoms with Crippen LogP contribution in [0.4, 0.5) is 0 Å². The molecule has 2 aromatic rings. The fourth-order valence-corrected chi connectivity index (χ4v) is 1.35. The minimum Gasteiger partial charge on any atom is -0.594 e. The van der Waals surface area contributed by atoms with Crippen molar-refractivity contribution in [2.45, 2.75) is 19.8 Å². The van der Waals surface area contributed by atoms with Gasteiger partial charge in [0.1, 0.15) is 5.52 Å². The molecule has 0 spiro atoms. The molecule has 0 saturated carbocycles. The van der Waals surface area contributed by atoms with Crippen LogP contribution in [0, 0.1) is 5.21 Å². The van der Waals surface area contributed by atoms with Crippen molar-refractivity contribution in [3.8, 4) is 6.01 Å². The number of benzene rings is 1. The zero-order chi connectivity index (χ0) is 11.4. The molecule has 0 amide bonds. The zero-order valence-electron chi connectivity index (χ0n) is 9.09. The maximum Gasteiger partial charge on any atom is 0.381 e. The van der Waals surface area contributed by atoms with E-state index in [1.165, 1.54) is 0 Å². The number of fused-ring (bicyclic) bond motifs is 1. The molecule has 16 heavy (non-hydrogen) atoms. The Morgan fingerprint density at radius 1 is 1.38 bits per heavy atom. The van der Waals surface area contributed by atoms with Crippen LogP contribution in [0.3, 0.4) is 0 Å². The van der Waals surface area contributed by atoms with Crippen LogP contribution >= 0.6 is 0 Å². The van der Waals surface area contributed by atoms with Gasteiger partial charge in [0, 0.05) is 6.07 Å². The zero-order valence-corrected chi connectivity index (χ0v) is 9.09. The van der Waals surface area contributed by atoms with Crippen molar-refractivity contribution in [1.82, 2.24) is 10.1 Å². The number of hydrogen-bond donors (Lipinski definition) is 0. The fourth-order valence-electron chi connectivity index (χ4n) is 1.35. The highest BCUT2D eigenvalue weighted by atomic mass is 16.5. The molecule has 0 aliphatic heterocycles. The predicted octanol–water partition coefficient (Wildman–Crippen LogP) is 1.44. The van der Waals surface area contributed by atoms with Crippen molar-refractivity contribution < 1.29 is 9.58 Å². The number of nitrogens with zero attached hydrogens (tertiary/aromatic N) is 3. The van der Waals surface area contributed by atoms with Crippen molar-refractivity contribution in [1.29, 1.82) is 0 Å². The van der Waals surface area contributed by atoms with Crippen LogP contribution in [0.2, 0.25) is 0 Å². The molecule has 0 N–H and O–H groups in total. The molecule has 1 aromatic carbocycles. The SMILES string of the molecule is CCCCOc1nc2ccccc2[n+]([O-])n1. The Morgan fingerprint density at radius 3 is 3.00 bits per heavy atom. The largest absolute Gasteiger partial charge is 0.594 e. The van der Waals surface area contributed by atoms with E-state index in [1.807, 2.05) is 6.07 Å². The summed E-state index contributed by atoms with van der Waals surface area (Å²) in [6, 6.07) is 7.18. The maximum absolute atomic E-state index is 11.5. The summed E-state index contributed by atoms with van der Waals surface area (Å²) in [6.07, 6.45) is 1.96. The Kier molecular flexibility index (Phi) is 3.14. The standard InChI is InChI=1S/C11H13N3O2/c1-2-3-8-16-11-12-9-6-4-5-7-10(9)14(15)13-11/h4-7H,2-3,8H2,1H3. The van der Waals surface area contributed by atoms with E-state index in [0.29, 0.717) is 22.5 Å². The summed E-state index contributed by atoms with van der Waals surface area (Å²) in [5.41, 5.74) is 1.05. The second-order valence-electron chi connectivity index (χ2n) is 3.46. The minimum atomic E-state index is 0.141. The van der Waals surface area contributed by atoms with E-state index in [2.05, 4.69) is 17.0 Å². The molecule has 1 aromatic heterocycles.